The number of rotatable bonds is 9. The van der Waals surface area contributed by atoms with E-state index < -0.39 is 103 Å². The van der Waals surface area contributed by atoms with E-state index in [2.05, 4.69) is 5.32 Å². The molecule has 2 aromatic rings. The number of ether oxygens (including phenoxy) is 5. The van der Waals surface area contributed by atoms with Crippen molar-refractivity contribution in [2.45, 2.75) is 81.2 Å². The van der Waals surface area contributed by atoms with Crippen LogP contribution in [0.1, 0.15) is 25.0 Å². The summed E-state index contributed by atoms with van der Waals surface area (Å²) in [5, 5.41) is 65.5. The van der Waals surface area contributed by atoms with Crippen LogP contribution in [0.5, 0.6) is 17.2 Å². The Morgan fingerprint density at radius 2 is 1.61 bits per heavy atom. The molecule has 0 radical (unpaired) electrons. The van der Waals surface area contributed by atoms with Gasteiger partial charge in [-0.2, -0.15) is 13.2 Å². The zero-order valence-electron chi connectivity index (χ0n) is 26.0. The van der Waals surface area contributed by atoms with Gasteiger partial charge in [-0.15, -0.1) is 0 Å². The van der Waals surface area contributed by atoms with Crippen LogP contribution in [0, 0.1) is 5.82 Å². The normalized spacial score (nSPS) is 32.1. The van der Waals surface area contributed by atoms with E-state index >= 15 is 0 Å². The number of hydrogen-bond acceptors (Lipinski definition) is 12. The zero-order chi connectivity index (χ0) is 35.8. The number of carbonyl (C=O) groups is 1. The minimum absolute atomic E-state index is 0.105. The Kier molecular flexibility index (Phi) is 10.9. The molecule has 17 heteroatoms. The van der Waals surface area contributed by atoms with Gasteiger partial charge in [-0.25, -0.2) is 4.39 Å². The largest absolute Gasteiger partial charge is 0.504 e. The summed E-state index contributed by atoms with van der Waals surface area (Å²) >= 11 is 0. The molecule has 7 N–H and O–H groups in total. The van der Waals surface area contributed by atoms with Crippen LogP contribution in [0.25, 0.3) is 6.08 Å². The van der Waals surface area contributed by atoms with Gasteiger partial charge in [-0.1, -0.05) is 6.07 Å². The monoisotopic (exact) mass is 701 g/mol. The van der Waals surface area contributed by atoms with E-state index in [0.29, 0.717) is 11.6 Å². The van der Waals surface area contributed by atoms with Crippen molar-refractivity contribution in [2.75, 3.05) is 13.4 Å². The summed E-state index contributed by atoms with van der Waals surface area (Å²) in [5.74, 6) is -2.97. The highest BCUT2D eigenvalue weighted by Gasteiger charge is 2.53. The molecule has 268 valence electrons. The Morgan fingerprint density at radius 1 is 0.939 bits per heavy atom. The lowest BCUT2D eigenvalue weighted by atomic mass is 9.83. The lowest BCUT2D eigenvalue weighted by Gasteiger charge is -2.41. The van der Waals surface area contributed by atoms with Crippen molar-refractivity contribution in [1.82, 2.24) is 5.32 Å². The van der Waals surface area contributed by atoms with E-state index in [0.717, 1.165) is 12.1 Å². The summed E-state index contributed by atoms with van der Waals surface area (Å²) in [6, 6.07) is 4.70. The van der Waals surface area contributed by atoms with E-state index in [4.69, 9.17) is 23.7 Å². The van der Waals surface area contributed by atoms with Crippen molar-refractivity contribution in [3.63, 3.8) is 0 Å². The smallest absolute Gasteiger partial charge is 0.420 e. The van der Waals surface area contributed by atoms with E-state index in [1.807, 2.05) is 0 Å². The van der Waals surface area contributed by atoms with Crippen LogP contribution >= 0.6 is 0 Å². The maximum Gasteiger partial charge on any atom is 0.420 e. The molecule has 1 saturated carbocycles. The van der Waals surface area contributed by atoms with Gasteiger partial charge in [0, 0.05) is 5.57 Å². The number of hydrogen-bond donors (Lipinski definition) is 7. The van der Waals surface area contributed by atoms with Gasteiger partial charge < -0.3 is 59.6 Å². The third kappa shape index (κ3) is 7.84. The van der Waals surface area contributed by atoms with Crippen LogP contribution in [-0.4, -0.2) is 111 Å². The van der Waals surface area contributed by atoms with E-state index in [9.17, 15) is 53.0 Å². The molecule has 3 fully saturated rings. The van der Waals surface area contributed by atoms with Crippen molar-refractivity contribution < 1.29 is 76.7 Å². The first-order valence-electron chi connectivity index (χ1n) is 15.0. The quantitative estimate of drug-likeness (QED) is 0.112. The van der Waals surface area contributed by atoms with Gasteiger partial charge in [0.15, 0.2) is 11.5 Å². The van der Waals surface area contributed by atoms with Gasteiger partial charge in [-0.05, 0) is 67.5 Å². The molecule has 5 rings (SSSR count). The van der Waals surface area contributed by atoms with Crippen molar-refractivity contribution in [3.05, 3.63) is 70.6 Å². The fraction of sp³-hybridized carbons (Fsp3) is 0.469. The minimum Gasteiger partial charge on any atom is -0.504 e. The summed E-state index contributed by atoms with van der Waals surface area (Å²) in [6.07, 6.45) is -14.1. The number of aliphatic hydroxyl groups is 5. The van der Waals surface area contributed by atoms with Crippen molar-refractivity contribution in [3.8, 4) is 17.2 Å². The number of fused-ring (bicyclic) bond motifs is 1. The molecular weight excluding hydrogens is 666 g/mol. The summed E-state index contributed by atoms with van der Waals surface area (Å²) in [7, 11) is 0. The molecular formula is C32H35F4NO12. The SMILES string of the molecule is C/C(=C/COc1ccc(F)cc1C(F)(F)F)[C@H]1O[C@@H](Oc2ccc(/C=C(\C)C(=O)N[C@@H]3[C@H](O)[C@@H](O)[C@H]4OCO[C@H]4[C@@H]3O)cc2O)[C@@H](O)[C@@H]1O. The molecule has 0 aromatic heterocycles. The first kappa shape index (κ1) is 36.5. The number of phenols is 1. The van der Waals surface area contributed by atoms with Gasteiger partial charge in [0.2, 0.25) is 12.2 Å². The van der Waals surface area contributed by atoms with Crippen LogP contribution < -0.4 is 14.8 Å². The average Bonchev–Trinajstić information content (AvgIpc) is 3.65. The van der Waals surface area contributed by atoms with Crippen molar-refractivity contribution in [2.24, 2.45) is 0 Å². The number of carbonyl (C=O) groups excluding carboxylic acids is 1. The number of alkyl halides is 3. The molecule has 0 spiro atoms. The summed E-state index contributed by atoms with van der Waals surface area (Å²) in [4.78, 5) is 12.9. The van der Waals surface area contributed by atoms with E-state index in [-0.39, 0.29) is 23.7 Å². The molecule has 10 atom stereocenters. The lowest BCUT2D eigenvalue weighted by Crippen LogP contribution is -2.67. The van der Waals surface area contributed by atoms with Crippen LogP contribution in [0.2, 0.25) is 0 Å². The molecule has 2 aromatic carbocycles. The molecule has 1 aliphatic carbocycles. The third-order valence-corrected chi connectivity index (χ3v) is 8.43. The standard InChI is InChI=1S/C32H35F4NO12/c1-13(7-8-45-19-6-4-16(33)11-17(19)32(34,35)36)27-25(42)26(43)31(49-27)48-20-5-3-15(10-18(20)38)9-14(2)30(44)37-21-22(39)24(41)29-28(23(21)40)46-12-47-29/h3-7,9-11,21-29,31,38-43H,8,12H2,1-2H3,(H,37,44)/b13-7-,14-9+/t21-,22+,23-,24-,25+,26+,27-,28+,29-,31-/m1/s1. The van der Waals surface area contributed by atoms with Crippen LogP contribution in [0.3, 0.4) is 0 Å². The van der Waals surface area contributed by atoms with Crippen LogP contribution in [0.15, 0.2) is 53.6 Å². The second kappa shape index (κ2) is 14.6. The highest BCUT2D eigenvalue weighted by atomic mass is 19.4. The summed E-state index contributed by atoms with van der Waals surface area (Å²) < 4.78 is 79.9. The van der Waals surface area contributed by atoms with Crippen molar-refractivity contribution >= 4 is 12.0 Å². The maximum atomic E-state index is 13.4. The molecule has 1 amide bonds. The molecule has 49 heavy (non-hydrogen) atoms. The molecule has 13 nitrogen and oxygen atoms in total. The summed E-state index contributed by atoms with van der Waals surface area (Å²) in [6.45, 7) is 2.32. The maximum absolute atomic E-state index is 13.4. The zero-order valence-corrected chi connectivity index (χ0v) is 26.0. The molecule has 3 aliphatic rings. The topological polar surface area (TPSA) is 197 Å². The predicted octanol–water partition coefficient (Wildman–Crippen LogP) is 1.13. The number of nitrogens with one attached hydrogen (secondary N) is 1. The second-order valence-corrected chi connectivity index (χ2v) is 11.8. The number of halogens is 4. The van der Waals surface area contributed by atoms with Gasteiger partial charge in [-0.3, -0.25) is 4.79 Å². The average molecular weight is 702 g/mol. The van der Waals surface area contributed by atoms with Crippen LogP contribution in [0.4, 0.5) is 17.6 Å². The number of aromatic hydroxyl groups is 1. The van der Waals surface area contributed by atoms with Gasteiger partial charge >= 0.3 is 6.18 Å². The fourth-order valence-corrected chi connectivity index (χ4v) is 5.73. The summed E-state index contributed by atoms with van der Waals surface area (Å²) in [5.41, 5.74) is -0.589. The van der Waals surface area contributed by atoms with E-state index in [1.54, 1.807) is 0 Å². The number of amides is 1. The Labute approximate surface area is 276 Å². The Morgan fingerprint density at radius 3 is 2.29 bits per heavy atom. The van der Waals surface area contributed by atoms with Gasteiger partial charge in [0.1, 0.15) is 79.4 Å². The van der Waals surface area contributed by atoms with Gasteiger partial charge in [0.25, 0.3) is 0 Å². The van der Waals surface area contributed by atoms with Crippen LogP contribution in [-0.2, 0) is 25.2 Å². The third-order valence-electron chi connectivity index (χ3n) is 8.43. The highest BCUT2D eigenvalue weighted by Crippen LogP contribution is 2.37. The molecule has 2 aliphatic heterocycles. The molecule has 2 heterocycles. The Hall–Kier alpha value is -3.81. The highest BCUT2D eigenvalue weighted by molar-refractivity contribution is 5.97. The fourth-order valence-electron chi connectivity index (χ4n) is 5.73. The second-order valence-electron chi connectivity index (χ2n) is 11.8. The first-order chi connectivity index (χ1) is 23.1. The Bertz CT molecular complexity index is 1590. The predicted molar refractivity (Wildman–Crippen MR) is 158 cm³/mol. The van der Waals surface area contributed by atoms with Gasteiger partial charge in [0.05, 0.1) is 6.04 Å². The molecule has 0 unspecified atom stereocenters. The lowest BCUT2D eigenvalue weighted by molar-refractivity contribution is -0.155. The first-order valence-corrected chi connectivity index (χ1v) is 15.0. The minimum atomic E-state index is -4.86. The van der Waals surface area contributed by atoms with Crippen molar-refractivity contribution in [1.29, 1.82) is 0 Å². The number of aliphatic hydroxyl groups excluding tert-OH is 5. The Balaban J connectivity index is 1.19. The van der Waals surface area contributed by atoms with E-state index in [1.165, 1.54) is 44.2 Å². The number of phenolic OH excluding ortho intramolecular Hbond substituents is 1. The number of benzene rings is 2. The molecule has 2 saturated heterocycles. The molecule has 0 bridgehead atoms.